The highest BCUT2D eigenvalue weighted by molar-refractivity contribution is 5.84. The Hall–Kier alpha value is -2.80. The highest BCUT2D eigenvalue weighted by atomic mass is 16.3. The summed E-state index contributed by atoms with van der Waals surface area (Å²) in [6.07, 6.45) is 3.24. The molecule has 1 aliphatic carbocycles. The molecule has 0 aliphatic heterocycles. The van der Waals surface area contributed by atoms with Crippen LogP contribution >= 0.6 is 0 Å². The molecule has 0 radical (unpaired) electrons. The molecule has 1 nitrogen and oxygen atoms in total. The Balaban J connectivity index is 1.80. The Bertz CT molecular complexity index is 885. The van der Waals surface area contributed by atoms with E-state index in [4.69, 9.17) is 0 Å². The van der Waals surface area contributed by atoms with Crippen LogP contribution in [-0.4, -0.2) is 5.11 Å². The summed E-state index contributed by atoms with van der Waals surface area (Å²) < 4.78 is 0. The first kappa shape index (κ1) is 14.8. The molecule has 0 atom stereocenters. The minimum Gasteiger partial charge on any atom is -0.507 e. The van der Waals surface area contributed by atoms with Crippen LogP contribution in [0.4, 0.5) is 0 Å². The molecule has 0 heterocycles. The summed E-state index contributed by atoms with van der Waals surface area (Å²) in [5.41, 5.74) is 6.86. The first-order valence-electron chi connectivity index (χ1n) is 8.49. The Morgan fingerprint density at radius 2 is 1.29 bits per heavy atom. The van der Waals surface area contributed by atoms with E-state index < -0.39 is 0 Å². The molecule has 1 aliphatic rings. The molecule has 0 bridgehead atoms. The lowest BCUT2D eigenvalue weighted by atomic mass is 9.88. The maximum absolute atomic E-state index is 10.5. The third kappa shape index (κ3) is 2.74. The lowest BCUT2D eigenvalue weighted by molar-refractivity contribution is 0.486. The Morgan fingerprint density at radius 1 is 0.667 bits per heavy atom. The van der Waals surface area contributed by atoms with Gasteiger partial charge in [0.2, 0.25) is 0 Å². The summed E-state index contributed by atoms with van der Waals surface area (Å²) in [5, 5.41) is 10.5. The van der Waals surface area contributed by atoms with Gasteiger partial charge in [0.05, 0.1) is 0 Å². The van der Waals surface area contributed by atoms with Crippen molar-refractivity contribution < 1.29 is 5.11 Å². The molecule has 24 heavy (non-hydrogen) atoms. The van der Waals surface area contributed by atoms with Crippen molar-refractivity contribution in [1.82, 2.24) is 0 Å². The number of benzene rings is 3. The maximum atomic E-state index is 10.5. The zero-order valence-electron chi connectivity index (χ0n) is 13.6. The Morgan fingerprint density at radius 3 is 1.96 bits per heavy atom. The maximum Gasteiger partial charge on any atom is 0.122 e. The van der Waals surface area contributed by atoms with Crippen molar-refractivity contribution in [2.45, 2.75) is 19.3 Å². The molecule has 118 valence electrons. The predicted octanol–water partition coefficient (Wildman–Crippen LogP) is 6.47. The topological polar surface area (TPSA) is 20.2 Å². The van der Waals surface area contributed by atoms with E-state index in [1.807, 2.05) is 18.2 Å². The van der Waals surface area contributed by atoms with Gasteiger partial charge in [0.25, 0.3) is 0 Å². The fourth-order valence-corrected chi connectivity index (χ4v) is 3.23. The molecule has 1 heteroatoms. The average molecular weight is 312 g/mol. The van der Waals surface area contributed by atoms with E-state index in [0.29, 0.717) is 5.76 Å². The summed E-state index contributed by atoms with van der Waals surface area (Å²) >= 11 is 0. The molecule has 0 spiro atoms. The fourth-order valence-electron chi connectivity index (χ4n) is 3.23. The van der Waals surface area contributed by atoms with E-state index in [1.165, 1.54) is 28.7 Å². The van der Waals surface area contributed by atoms with Crippen LogP contribution in [0, 0.1) is 0 Å². The van der Waals surface area contributed by atoms with Gasteiger partial charge in [0.15, 0.2) is 0 Å². The minimum atomic E-state index is 0.472. The Kier molecular flexibility index (Phi) is 3.92. The molecule has 0 saturated heterocycles. The monoisotopic (exact) mass is 312 g/mol. The van der Waals surface area contributed by atoms with Gasteiger partial charge < -0.3 is 5.11 Å². The lowest BCUT2D eigenvalue weighted by Gasteiger charge is -2.19. The molecule has 3 aromatic carbocycles. The number of rotatable bonds is 3. The largest absolute Gasteiger partial charge is 0.507 e. The normalized spacial score (nSPS) is 13.4. The van der Waals surface area contributed by atoms with E-state index in [1.54, 1.807) is 0 Å². The number of allylic oxidation sites excluding steroid dienone is 1. The quantitative estimate of drug-likeness (QED) is 0.549. The van der Waals surface area contributed by atoms with Crippen molar-refractivity contribution in [3.8, 4) is 22.3 Å². The zero-order chi connectivity index (χ0) is 16.4. The van der Waals surface area contributed by atoms with Gasteiger partial charge in [-0.3, -0.25) is 0 Å². The molecule has 1 saturated carbocycles. The van der Waals surface area contributed by atoms with Gasteiger partial charge in [-0.2, -0.15) is 0 Å². The molecule has 4 rings (SSSR count). The summed E-state index contributed by atoms with van der Waals surface area (Å²) in [6.45, 7) is 0. The van der Waals surface area contributed by atoms with E-state index >= 15 is 0 Å². The SMILES string of the molecule is OC(=C1CCC1)c1cccc(-c2ccccc2-c2ccccc2)c1. The zero-order valence-corrected chi connectivity index (χ0v) is 13.6. The van der Waals surface area contributed by atoms with Crippen molar-refractivity contribution >= 4 is 5.76 Å². The van der Waals surface area contributed by atoms with E-state index in [0.717, 1.165) is 24.0 Å². The second-order valence-electron chi connectivity index (χ2n) is 6.30. The highest BCUT2D eigenvalue weighted by Gasteiger charge is 2.16. The summed E-state index contributed by atoms with van der Waals surface area (Å²) in [7, 11) is 0. The minimum absolute atomic E-state index is 0.472. The standard InChI is InChI=1S/C23H20O/c24-23(18-10-6-11-18)20-13-7-12-19(16-20)22-15-5-4-14-21(22)17-8-2-1-3-9-17/h1-5,7-9,12-16,24H,6,10-11H2. The van der Waals surface area contributed by atoms with Crippen molar-refractivity contribution in [1.29, 1.82) is 0 Å². The first-order chi connectivity index (χ1) is 11.8. The third-order valence-electron chi connectivity index (χ3n) is 4.75. The second kappa shape index (κ2) is 6.37. The average Bonchev–Trinajstić information content (AvgIpc) is 2.61. The lowest BCUT2D eigenvalue weighted by Crippen LogP contribution is -2.01. The van der Waals surface area contributed by atoms with E-state index in [-0.39, 0.29) is 0 Å². The van der Waals surface area contributed by atoms with Gasteiger partial charge >= 0.3 is 0 Å². The van der Waals surface area contributed by atoms with Crippen molar-refractivity contribution in [2.24, 2.45) is 0 Å². The summed E-state index contributed by atoms with van der Waals surface area (Å²) in [4.78, 5) is 0. The van der Waals surface area contributed by atoms with Crippen LogP contribution < -0.4 is 0 Å². The van der Waals surface area contributed by atoms with Crippen molar-refractivity contribution in [2.75, 3.05) is 0 Å². The van der Waals surface area contributed by atoms with Gasteiger partial charge in [-0.1, -0.05) is 72.8 Å². The first-order valence-corrected chi connectivity index (χ1v) is 8.49. The van der Waals surface area contributed by atoms with Crippen LogP contribution in [0.1, 0.15) is 24.8 Å². The van der Waals surface area contributed by atoms with E-state index in [9.17, 15) is 5.11 Å². The second-order valence-corrected chi connectivity index (χ2v) is 6.30. The van der Waals surface area contributed by atoms with Gasteiger partial charge in [-0.05, 0) is 53.2 Å². The fraction of sp³-hybridized carbons (Fsp3) is 0.130. The van der Waals surface area contributed by atoms with Crippen LogP contribution in [0.25, 0.3) is 28.0 Å². The van der Waals surface area contributed by atoms with Crippen molar-refractivity contribution in [3.05, 3.63) is 90.0 Å². The number of hydrogen-bond donors (Lipinski definition) is 1. The molecule has 1 N–H and O–H groups in total. The molecular weight excluding hydrogens is 292 g/mol. The van der Waals surface area contributed by atoms with Crippen LogP contribution in [-0.2, 0) is 0 Å². The molecule has 0 aromatic heterocycles. The number of hydrogen-bond acceptors (Lipinski definition) is 1. The van der Waals surface area contributed by atoms with Gasteiger partial charge in [-0.15, -0.1) is 0 Å². The van der Waals surface area contributed by atoms with Gasteiger partial charge in [-0.25, -0.2) is 0 Å². The van der Waals surface area contributed by atoms with Crippen LogP contribution in [0.2, 0.25) is 0 Å². The Labute approximate surface area is 142 Å². The smallest absolute Gasteiger partial charge is 0.122 e. The predicted molar refractivity (Wildman–Crippen MR) is 101 cm³/mol. The molecular formula is C23H20O. The van der Waals surface area contributed by atoms with E-state index in [2.05, 4.69) is 60.7 Å². The summed E-state index contributed by atoms with van der Waals surface area (Å²) in [5.74, 6) is 0.472. The molecule has 3 aromatic rings. The molecule has 0 amide bonds. The van der Waals surface area contributed by atoms with Gasteiger partial charge in [0.1, 0.15) is 5.76 Å². The highest BCUT2D eigenvalue weighted by Crippen LogP contribution is 2.35. The molecule has 0 unspecified atom stereocenters. The van der Waals surface area contributed by atoms with Crippen LogP contribution in [0.15, 0.2) is 84.4 Å². The summed E-state index contributed by atoms with van der Waals surface area (Å²) in [6, 6.07) is 27.1. The van der Waals surface area contributed by atoms with Crippen LogP contribution in [0.3, 0.4) is 0 Å². The molecule has 1 fully saturated rings. The third-order valence-corrected chi connectivity index (χ3v) is 4.75. The number of aliphatic hydroxyl groups is 1. The number of aliphatic hydroxyl groups excluding tert-OH is 1. The van der Waals surface area contributed by atoms with Crippen LogP contribution in [0.5, 0.6) is 0 Å². The van der Waals surface area contributed by atoms with Gasteiger partial charge in [0, 0.05) is 5.56 Å². The van der Waals surface area contributed by atoms with Crippen molar-refractivity contribution in [3.63, 3.8) is 0 Å².